The third-order valence-corrected chi connectivity index (χ3v) is 5.55. The number of carbonyl (C=O) groups excluding carboxylic acids is 3. The van der Waals surface area contributed by atoms with E-state index in [-0.39, 0.29) is 12.0 Å². The number of H-pyrrole nitrogens is 1. The molecule has 0 fully saturated rings. The number of carbonyl (C=O) groups is 3. The molecule has 2 N–H and O–H groups in total. The van der Waals surface area contributed by atoms with Gasteiger partial charge in [-0.15, -0.1) is 0 Å². The number of benzene rings is 3. The van der Waals surface area contributed by atoms with Crippen LogP contribution in [0.15, 0.2) is 79.0 Å². The van der Waals surface area contributed by atoms with E-state index in [0.29, 0.717) is 11.3 Å². The van der Waals surface area contributed by atoms with Gasteiger partial charge in [0.1, 0.15) is 17.6 Å². The smallest absolute Gasteiger partial charge is 0.329 e. The fraction of sp³-hybridized carbons (Fsp3) is 0.148. The van der Waals surface area contributed by atoms with Crippen LogP contribution >= 0.6 is 0 Å². The van der Waals surface area contributed by atoms with Gasteiger partial charge in [-0.2, -0.15) is 0 Å². The third kappa shape index (κ3) is 5.73. The van der Waals surface area contributed by atoms with Crippen molar-refractivity contribution in [2.45, 2.75) is 12.5 Å². The number of Topliss-reactive ketones (excluding diaryl/α,β-unsaturated/α-hetero) is 1. The molecular formula is C27H23FN2O5. The van der Waals surface area contributed by atoms with Gasteiger partial charge in [0.2, 0.25) is 0 Å². The van der Waals surface area contributed by atoms with Crippen LogP contribution < -0.4 is 10.1 Å². The van der Waals surface area contributed by atoms with Crippen LogP contribution in [0.25, 0.3) is 10.9 Å². The van der Waals surface area contributed by atoms with Crippen LogP contribution in [-0.4, -0.2) is 42.4 Å². The van der Waals surface area contributed by atoms with E-state index in [9.17, 15) is 18.8 Å². The number of hydrogen-bond donors (Lipinski definition) is 2. The maximum Gasteiger partial charge on any atom is 0.329 e. The van der Waals surface area contributed by atoms with Crippen molar-refractivity contribution in [2.24, 2.45) is 0 Å². The van der Waals surface area contributed by atoms with Gasteiger partial charge in [-0.05, 0) is 60.2 Å². The van der Waals surface area contributed by atoms with Gasteiger partial charge in [-0.25, -0.2) is 9.18 Å². The largest absolute Gasteiger partial charge is 0.497 e. The Morgan fingerprint density at radius 3 is 2.34 bits per heavy atom. The van der Waals surface area contributed by atoms with Gasteiger partial charge in [-0.1, -0.05) is 18.2 Å². The fourth-order valence-corrected chi connectivity index (χ4v) is 3.65. The van der Waals surface area contributed by atoms with E-state index >= 15 is 0 Å². The van der Waals surface area contributed by atoms with Crippen LogP contribution in [0.2, 0.25) is 0 Å². The van der Waals surface area contributed by atoms with Gasteiger partial charge in [0.15, 0.2) is 12.4 Å². The lowest BCUT2D eigenvalue weighted by atomic mass is 10.0. The molecule has 0 saturated carbocycles. The SMILES string of the molecule is COc1ccc(C(=O)COC(=O)[C@@H](Cc2c[nH]c3ccccc23)NC(=O)c2ccc(F)cc2)cc1. The second kappa shape index (κ2) is 10.6. The Labute approximate surface area is 200 Å². The summed E-state index contributed by atoms with van der Waals surface area (Å²) in [5.41, 5.74) is 2.23. The molecule has 0 aliphatic rings. The summed E-state index contributed by atoms with van der Waals surface area (Å²) in [4.78, 5) is 41.4. The fourth-order valence-electron chi connectivity index (χ4n) is 3.65. The van der Waals surface area contributed by atoms with Crippen LogP contribution in [-0.2, 0) is 16.0 Å². The maximum absolute atomic E-state index is 13.3. The van der Waals surface area contributed by atoms with Gasteiger partial charge >= 0.3 is 5.97 Å². The standard InChI is InChI=1S/C27H23FN2O5/c1-34-21-12-8-17(9-13-21)25(31)16-35-27(33)24(30-26(32)18-6-10-20(28)11-7-18)14-19-15-29-23-5-3-2-4-22(19)23/h2-13,15,24,29H,14,16H2,1H3,(H,30,32)/t24-/m1/s1. The van der Waals surface area contributed by atoms with E-state index in [4.69, 9.17) is 9.47 Å². The van der Waals surface area contributed by atoms with Crippen molar-refractivity contribution in [3.63, 3.8) is 0 Å². The zero-order valence-corrected chi connectivity index (χ0v) is 18.9. The first-order valence-electron chi connectivity index (χ1n) is 10.9. The van der Waals surface area contributed by atoms with Crippen molar-refractivity contribution in [3.05, 3.63) is 102 Å². The van der Waals surface area contributed by atoms with E-state index in [2.05, 4.69) is 10.3 Å². The van der Waals surface area contributed by atoms with Gasteiger partial charge in [-0.3, -0.25) is 9.59 Å². The number of esters is 1. The molecule has 4 rings (SSSR count). The second-order valence-corrected chi connectivity index (χ2v) is 7.86. The zero-order valence-electron chi connectivity index (χ0n) is 18.9. The summed E-state index contributed by atoms with van der Waals surface area (Å²) in [5.74, 6) is -1.59. The number of nitrogens with one attached hydrogen (secondary N) is 2. The van der Waals surface area contributed by atoms with Crippen molar-refractivity contribution in [1.29, 1.82) is 0 Å². The minimum absolute atomic E-state index is 0.131. The Morgan fingerprint density at radius 1 is 0.943 bits per heavy atom. The van der Waals surface area contributed by atoms with Crippen molar-refractivity contribution in [3.8, 4) is 5.75 Å². The summed E-state index contributed by atoms with van der Waals surface area (Å²) < 4.78 is 23.6. The molecular weight excluding hydrogens is 451 g/mol. The van der Waals surface area contributed by atoms with Gasteiger partial charge in [0, 0.05) is 34.6 Å². The number of amides is 1. The highest BCUT2D eigenvalue weighted by Gasteiger charge is 2.25. The minimum atomic E-state index is -1.07. The lowest BCUT2D eigenvalue weighted by molar-refractivity contribution is -0.144. The maximum atomic E-state index is 13.3. The zero-order chi connectivity index (χ0) is 24.8. The van der Waals surface area contributed by atoms with Crippen LogP contribution in [0.4, 0.5) is 4.39 Å². The van der Waals surface area contributed by atoms with Crippen molar-refractivity contribution in [2.75, 3.05) is 13.7 Å². The first kappa shape index (κ1) is 23.7. The molecule has 1 aromatic heterocycles. The summed E-state index contributed by atoms with van der Waals surface area (Å²) >= 11 is 0. The predicted octanol–water partition coefficient (Wildman–Crippen LogP) is 4.08. The number of ether oxygens (including phenoxy) is 2. The molecule has 7 nitrogen and oxygen atoms in total. The average molecular weight is 474 g/mol. The summed E-state index contributed by atoms with van der Waals surface area (Å²) in [6.45, 7) is -0.484. The number of aromatic nitrogens is 1. The number of halogens is 1. The molecule has 0 spiro atoms. The van der Waals surface area contributed by atoms with Gasteiger partial charge in [0.25, 0.3) is 5.91 Å². The van der Waals surface area contributed by atoms with E-state index in [1.54, 1.807) is 30.5 Å². The average Bonchev–Trinajstić information content (AvgIpc) is 3.29. The number of ketones is 1. The summed E-state index contributed by atoms with van der Waals surface area (Å²) in [5, 5.41) is 3.56. The Bertz CT molecular complexity index is 1350. The molecule has 0 radical (unpaired) electrons. The Morgan fingerprint density at radius 2 is 1.63 bits per heavy atom. The normalized spacial score (nSPS) is 11.6. The van der Waals surface area contributed by atoms with Crippen molar-refractivity contribution in [1.82, 2.24) is 10.3 Å². The molecule has 178 valence electrons. The molecule has 0 bridgehead atoms. The van der Waals surface area contributed by atoms with E-state index in [1.807, 2.05) is 24.3 Å². The van der Waals surface area contributed by atoms with Crippen LogP contribution in [0, 0.1) is 5.82 Å². The number of methoxy groups -OCH3 is 1. The minimum Gasteiger partial charge on any atom is -0.497 e. The van der Waals surface area contributed by atoms with Crippen molar-refractivity contribution < 1.29 is 28.2 Å². The molecule has 0 unspecified atom stereocenters. The molecule has 1 amide bonds. The number of fused-ring (bicyclic) bond motifs is 1. The molecule has 0 saturated heterocycles. The first-order valence-corrected chi connectivity index (χ1v) is 10.9. The highest BCUT2D eigenvalue weighted by molar-refractivity contribution is 5.99. The van der Waals surface area contributed by atoms with Gasteiger partial charge < -0.3 is 19.8 Å². The Balaban J connectivity index is 1.50. The molecule has 0 aliphatic heterocycles. The monoisotopic (exact) mass is 474 g/mol. The van der Waals surface area contributed by atoms with E-state index in [1.165, 1.54) is 19.2 Å². The van der Waals surface area contributed by atoms with E-state index < -0.39 is 36.1 Å². The lowest BCUT2D eigenvalue weighted by Gasteiger charge is -2.17. The molecule has 3 aromatic carbocycles. The molecule has 35 heavy (non-hydrogen) atoms. The number of aromatic amines is 1. The highest BCUT2D eigenvalue weighted by atomic mass is 19.1. The molecule has 1 heterocycles. The summed E-state index contributed by atoms with van der Waals surface area (Å²) in [7, 11) is 1.52. The number of rotatable bonds is 9. The van der Waals surface area contributed by atoms with Crippen LogP contribution in [0.5, 0.6) is 5.75 Å². The van der Waals surface area contributed by atoms with E-state index in [0.717, 1.165) is 28.6 Å². The Hall–Kier alpha value is -4.46. The third-order valence-electron chi connectivity index (χ3n) is 5.55. The predicted molar refractivity (Wildman–Crippen MR) is 128 cm³/mol. The first-order chi connectivity index (χ1) is 16.9. The second-order valence-electron chi connectivity index (χ2n) is 7.86. The summed E-state index contributed by atoms with van der Waals surface area (Å²) in [6.07, 6.45) is 1.89. The molecule has 4 aromatic rings. The number of hydrogen-bond acceptors (Lipinski definition) is 5. The highest BCUT2D eigenvalue weighted by Crippen LogP contribution is 2.20. The molecule has 8 heteroatoms. The number of para-hydroxylation sites is 1. The summed E-state index contributed by atoms with van der Waals surface area (Å²) in [6, 6.07) is 17.9. The van der Waals surface area contributed by atoms with Gasteiger partial charge in [0.05, 0.1) is 7.11 Å². The van der Waals surface area contributed by atoms with Crippen LogP contribution in [0.1, 0.15) is 26.3 Å². The lowest BCUT2D eigenvalue weighted by Crippen LogP contribution is -2.43. The molecule has 0 aliphatic carbocycles. The Kier molecular flexibility index (Phi) is 7.21. The molecule has 1 atom stereocenters. The topological polar surface area (TPSA) is 97.5 Å². The van der Waals surface area contributed by atoms with Crippen molar-refractivity contribution >= 4 is 28.6 Å². The quantitative estimate of drug-likeness (QED) is 0.281. The van der Waals surface area contributed by atoms with Crippen LogP contribution in [0.3, 0.4) is 0 Å².